The summed E-state index contributed by atoms with van der Waals surface area (Å²) in [5.41, 5.74) is 2.98. The van der Waals surface area contributed by atoms with Crippen LogP contribution in [0.15, 0.2) is 18.5 Å². The SMILES string of the molecule is CNCc1cc(Cl)c2nc[nH]c2c1. The van der Waals surface area contributed by atoms with E-state index in [0.717, 1.165) is 23.1 Å². The van der Waals surface area contributed by atoms with Gasteiger partial charge in [0.05, 0.1) is 16.9 Å². The number of H-pyrrole nitrogens is 1. The van der Waals surface area contributed by atoms with E-state index in [-0.39, 0.29) is 0 Å². The summed E-state index contributed by atoms with van der Waals surface area (Å²) < 4.78 is 0. The number of imidazole rings is 1. The van der Waals surface area contributed by atoms with Crippen molar-refractivity contribution in [3.8, 4) is 0 Å². The van der Waals surface area contributed by atoms with Gasteiger partial charge < -0.3 is 10.3 Å². The lowest BCUT2D eigenvalue weighted by Gasteiger charge is -2.00. The van der Waals surface area contributed by atoms with E-state index in [1.165, 1.54) is 0 Å². The molecular formula is C9H10ClN3. The highest BCUT2D eigenvalue weighted by molar-refractivity contribution is 6.35. The van der Waals surface area contributed by atoms with Crippen molar-refractivity contribution in [1.82, 2.24) is 15.3 Å². The van der Waals surface area contributed by atoms with E-state index >= 15 is 0 Å². The molecule has 0 amide bonds. The van der Waals surface area contributed by atoms with E-state index in [2.05, 4.69) is 15.3 Å². The number of hydrogen-bond donors (Lipinski definition) is 2. The van der Waals surface area contributed by atoms with Crippen molar-refractivity contribution in [3.63, 3.8) is 0 Å². The summed E-state index contributed by atoms with van der Waals surface area (Å²) in [4.78, 5) is 7.15. The lowest BCUT2D eigenvalue weighted by molar-refractivity contribution is 0.819. The summed E-state index contributed by atoms with van der Waals surface area (Å²) in [6, 6.07) is 3.98. The molecule has 0 aliphatic rings. The number of halogens is 1. The Bertz CT molecular complexity index is 422. The summed E-state index contributed by atoms with van der Waals surface area (Å²) in [5, 5.41) is 3.77. The molecule has 2 aromatic rings. The normalized spacial score (nSPS) is 10.9. The van der Waals surface area contributed by atoms with Crippen LogP contribution in [0, 0.1) is 0 Å². The van der Waals surface area contributed by atoms with Crippen LogP contribution in [0.1, 0.15) is 5.56 Å². The van der Waals surface area contributed by atoms with Gasteiger partial charge >= 0.3 is 0 Å². The van der Waals surface area contributed by atoms with Crippen LogP contribution in [0.25, 0.3) is 11.0 Å². The third-order valence-corrected chi connectivity index (χ3v) is 2.21. The highest BCUT2D eigenvalue weighted by Crippen LogP contribution is 2.22. The Morgan fingerprint density at radius 3 is 3.15 bits per heavy atom. The minimum atomic E-state index is 0.698. The highest BCUT2D eigenvalue weighted by Gasteiger charge is 2.03. The summed E-state index contributed by atoms with van der Waals surface area (Å²) >= 11 is 6.03. The van der Waals surface area contributed by atoms with Crippen molar-refractivity contribution in [1.29, 1.82) is 0 Å². The number of rotatable bonds is 2. The number of aromatic nitrogens is 2. The molecular weight excluding hydrogens is 186 g/mol. The monoisotopic (exact) mass is 195 g/mol. The molecule has 4 heteroatoms. The van der Waals surface area contributed by atoms with Crippen molar-refractivity contribution in [2.24, 2.45) is 0 Å². The lowest BCUT2D eigenvalue weighted by atomic mass is 10.2. The first kappa shape index (κ1) is 8.53. The van der Waals surface area contributed by atoms with Crippen LogP contribution >= 0.6 is 11.6 Å². The number of hydrogen-bond acceptors (Lipinski definition) is 2. The Balaban J connectivity index is 2.56. The van der Waals surface area contributed by atoms with Crippen LogP contribution in [-0.2, 0) is 6.54 Å². The van der Waals surface area contributed by atoms with Gasteiger partial charge in [0.1, 0.15) is 5.52 Å². The zero-order valence-corrected chi connectivity index (χ0v) is 8.02. The molecule has 0 saturated carbocycles. The smallest absolute Gasteiger partial charge is 0.107 e. The van der Waals surface area contributed by atoms with Gasteiger partial charge in [0.2, 0.25) is 0 Å². The number of nitrogens with one attached hydrogen (secondary N) is 2. The second-order valence-electron chi connectivity index (χ2n) is 2.91. The van der Waals surface area contributed by atoms with Crippen molar-refractivity contribution in [2.45, 2.75) is 6.54 Å². The van der Waals surface area contributed by atoms with Gasteiger partial charge in [0, 0.05) is 6.54 Å². The molecule has 1 aromatic heterocycles. The maximum atomic E-state index is 6.03. The zero-order valence-electron chi connectivity index (χ0n) is 7.26. The van der Waals surface area contributed by atoms with Crippen molar-refractivity contribution >= 4 is 22.6 Å². The van der Waals surface area contributed by atoms with Crippen molar-refractivity contribution in [2.75, 3.05) is 7.05 Å². The average Bonchev–Trinajstić information content (AvgIpc) is 2.53. The molecule has 3 nitrogen and oxygen atoms in total. The molecule has 0 aliphatic heterocycles. The molecule has 0 bridgehead atoms. The Morgan fingerprint density at radius 1 is 1.54 bits per heavy atom. The van der Waals surface area contributed by atoms with Crippen LogP contribution in [-0.4, -0.2) is 17.0 Å². The Hall–Kier alpha value is -1.06. The molecule has 0 radical (unpaired) electrons. The van der Waals surface area contributed by atoms with Crippen LogP contribution in [0.2, 0.25) is 5.02 Å². The van der Waals surface area contributed by atoms with Crippen LogP contribution in [0.3, 0.4) is 0 Å². The maximum Gasteiger partial charge on any atom is 0.107 e. The largest absolute Gasteiger partial charge is 0.345 e. The number of fused-ring (bicyclic) bond motifs is 1. The zero-order chi connectivity index (χ0) is 9.26. The number of nitrogens with zero attached hydrogens (tertiary/aromatic N) is 1. The van der Waals surface area contributed by atoms with Crippen LogP contribution < -0.4 is 5.32 Å². The Kier molecular flexibility index (Phi) is 2.20. The third kappa shape index (κ3) is 1.53. The minimum absolute atomic E-state index is 0.698. The van der Waals surface area contributed by atoms with E-state index in [1.807, 2.05) is 19.2 Å². The Morgan fingerprint density at radius 2 is 2.38 bits per heavy atom. The predicted octanol–water partition coefficient (Wildman–Crippen LogP) is 1.94. The van der Waals surface area contributed by atoms with Crippen molar-refractivity contribution in [3.05, 3.63) is 29.0 Å². The first-order chi connectivity index (χ1) is 6.31. The average molecular weight is 196 g/mol. The number of benzene rings is 1. The van der Waals surface area contributed by atoms with Gasteiger partial charge in [-0.3, -0.25) is 0 Å². The van der Waals surface area contributed by atoms with Gasteiger partial charge in [0.25, 0.3) is 0 Å². The van der Waals surface area contributed by atoms with E-state index in [0.29, 0.717) is 5.02 Å². The second-order valence-corrected chi connectivity index (χ2v) is 3.31. The topological polar surface area (TPSA) is 40.7 Å². The minimum Gasteiger partial charge on any atom is -0.345 e. The fraction of sp³-hybridized carbons (Fsp3) is 0.222. The molecule has 0 spiro atoms. The molecule has 68 valence electrons. The van der Waals surface area contributed by atoms with Gasteiger partial charge in [0.15, 0.2) is 0 Å². The molecule has 1 heterocycles. The standard InChI is InChI=1S/C9H10ClN3/c1-11-4-6-2-7(10)9-8(3-6)12-5-13-9/h2-3,5,11H,4H2,1H3,(H,12,13). The summed E-state index contributed by atoms with van der Waals surface area (Å²) in [7, 11) is 1.91. The molecule has 0 saturated heterocycles. The predicted molar refractivity (Wildman–Crippen MR) is 53.9 cm³/mol. The summed E-state index contributed by atoms with van der Waals surface area (Å²) in [6.07, 6.45) is 1.65. The number of aromatic amines is 1. The van der Waals surface area contributed by atoms with Gasteiger partial charge in [-0.2, -0.15) is 0 Å². The highest BCUT2D eigenvalue weighted by atomic mass is 35.5. The van der Waals surface area contributed by atoms with Gasteiger partial charge in [-0.05, 0) is 24.7 Å². The first-order valence-electron chi connectivity index (χ1n) is 4.07. The molecule has 1 aromatic carbocycles. The van der Waals surface area contributed by atoms with Crippen LogP contribution in [0.4, 0.5) is 0 Å². The molecule has 2 N–H and O–H groups in total. The van der Waals surface area contributed by atoms with E-state index in [4.69, 9.17) is 11.6 Å². The van der Waals surface area contributed by atoms with E-state index < -0.39 is 0 Å². The van der Waals surface area contributed by atoms with Gasteiger partial charge in [-0.15, -0.1) is 0 Å². The molecule has 0 unspecified atom stereocenters. The third-order valence-electron chi connectivity index (χ3n) is 1.92. The second kappa shape index (κ2) is 3.36. The summed E-state index contributed by atoms with van der Waals surface area (Å²) in [5.74, 6) is 0. The maximum absolute atomic E-state index is 6.03. The molecule has 0 fully saturated rings. The van der Waals surface area contributed by atoms with Gasteiger partial charge in [-0.25, -0.2) is 4.98 Å². The molecule has 13 heavy (non-hydrogen) atoms. The first-order valence-corrected chi connectivity index (χ1v) is 4.45. The van der Waals surface area contributed by atoms with E-state index in [1.54, 1.807) is 6.33 Å². The quantitative estimate of drug-likeness (QED) is 0.769. The summed E-state index contributed by atoms with van der Waals surface area (Å²) in [6.45, 7) is 0.814. The fourth-order valence-corrected chi connectivity index (χ4v) is 1.66. The van der Waals surface area contributed by atoms with E-state index in [9.17, 15) is 0 Å². The molecule has 0 atom stereocenters. The van der Waals surface area contributed by atoms with Crippen LogP contribution in [0.5, 0.6) is 0 Å². The fourth-order valence-electron chi connectivity index (χ4n) is 1.37. The lowest BCUT2D eigenvalue weighted by Crippen LogP contribution is -2.04. The Labute approximate surface area is 81.1 Å². The van der Waals surface area contributed by atoms with Crippen molar-refractivity contribution < 1.29 is 0 Å². The molecule has 2 rings (SSSR count). The van der Waals surface area contributed by atoms with Gasteiger partial charge in [-0.1, -0.05) is 11.6 Å². The molecule has 0 aliphatic carbocycles.